The van der Waals surface area contributed by atoms with Gasteiger partial charge >= 0.3 is 5.97 Å². The lowest BCUT2D eigenvalue weighted by molar-refractivity contribution is 0.0594. The third-order valence-electron chi connectivity index (χ3n) is 2.64. The van der Waals surface area contributed by atoms with Gasteiger partial charge in [0.2, 0.25) is 0 Å². The molecule has 94 valence electrons. The van der Waals surface area contributed by atoms with Crippen LogP contribution in [-0.4, -0.2) is 24.6 Å². The maximum atomic E-state index is 11.3. The van der Waals surface area contributed by atoms with Gasteiger partial charge in [0.1, 0.15) is 5.82 Å². The molecule has 0 amide bonds. The molecule has 1 heterocycles. The summed E-state index contributed by atoms with van der Waals surface area (Å²) in [7, 11) is 1.33. The molecule has 1 aromatic rings. The molecule has 0 bridgehead atoms. The van der Waals surface area contributed by atoms with E-state index >= 15 is 0 Å². The van der Waals surface area contributed by atoms with Crippen LogP contribution in [0.3, 0.4) is 0 Å². The summed E-state index contributed by atoms with van der Waals surface area (Å²) in [5.41, 5.74) is 6.57. The molecular weight excluding hydrogens is 218 g/mol. The van der Waals surface area contributed by atoms with Crippen LogP contribution in [0.1, 0.15) is 30.8 Å². The molecule has 0 aliphatic heterocycles. The number of aromatic nitrogens is 1. The van der Waals surface area contributed by atoms with Crippen LogP contribution in [0.4, 0.5) is 11.5 Å². The van der Waals surface area contributed by atoms with Gasteiger partial charge in [-0.1, -0.05) is 20.3 Å². The lowest BCUT2D eigenvalue weighted by atomic mass is 10.1. The van der Waals surface area contributed by atoms with E-state index in [0.717, 1.165) is 13.0 Å². The van der Waals surface area contributed by atoms with Crippen molar-refractivity contribution in [3.05, 3.63) is 17.8 Å². The maximum absolute atomic E-state index is 11.3. The fourth-order valence-electron chi connectivity index (χ4n) is 1.25. The minimum absolute atomic E-state index is 0.258. The van der Waals surface area contributed by atoms with Crippen molar-refractivity contribution in [1.82, 2.24) is 4.98 Å². The van der Waals surface area contributed by atoms with E-state index < -0.39 is 5.97 Å². The van der Waals surface area contributed by atoms with E-state index in [-0.39, 0.29) is 5.69 Å². The molecule has 1 atom stereocenters. The Morgan fingerprint density at radius 3 is 2.88 bits per heavy atom. The third-order valence-corrected chi connectivity index (χ3v) is 2.64. The molecule has 0 saturated carbocycles. The first-order valence-electron chi connectivity index (χ1n) is 5.67. The van der Waals surface area contributed by atoms with Gasteiger partial charge < -0.3 is 15.8 Å². The van der Waals surface area contributed by atoms with Crippen LogP contribution in [0.15, 0.2) is 12.1 Å². The van der Waals surface area contributed by atoms with Gasteiger partial charge in [0.05, 0.1) is 12.8 Å². The van der Waals surface area contributed by atoms with Crippen molar-refractivity contribution in [2.45, 2.75) is 20.3 Å². The summed E-state index contributed by atoms with van der Waals surface area (Å²) in [5, 5.41) is 3.14. The first-order valence-corrected chi connectivity index (χ1v) is 5.67. The first kappa shape index (κ1) is 13.3. The number of carbonyl (C=O) groups excluding carboxylic acids is 1. The Kier molecular flexibility index (Phi) is 4.75. The quantitative estimate of drug-likeness (QED) is 0.765. The summed E-state index contributed by atoms with van der Waals surface area (Å²) in [6, 6.07) is 3.20. The Hall–Kier alpha value is -1.78. The monoisotopic (exact) mass is 237 g/mol. The Balaban J connectivity index is 2.80. The molecule has 3 N–H and O–H groups in total. The van der Waals surface area contributed by atoms with Crippen molar-refractivity contribution in [2.75, 3.05) is 24.7 Å². The molecular formula is C12H19N3O2. The first-order chi connectivity index (χ1) is 8.08. The SMILES string of the molecule is CCC(C)CNc1nc(C(=O)OC)ccc1N. The van der Waals surface area contributed by atoms with E-state index in [0.29, 0.717) is 17.4 Å². The number of anilines is 2. The number of rotatable bonds is 5. The second kappa shape index (κ2) is 6.08. The van der Waals surface area contributed by atoms with Crippen molar-refractivity contribution >= 4 is 17.5 Å². The summed E-state index contributed by atoms with van der Waals surface area (Å²) >= 11 is 0. The predicted molar refractivity (Wildman–Crippen MR) is 67.9 cm³/mol. The Labute approximate surface area is 101 Å². The predicted octanol–water partition coefficient (Wildman–Crippen LogP) is 1.91. The molecule has 0 saturated heterocycles. The zero-order chi connectivity index (χ0) is 12.8. The fourth-order valence-corrected chi connectivity index (χ4v) is 1.25. The van der Waals surface area contributed by atoms with Crippen molar-refractivity contribution in [3.63, 3.8) is 0 Å². The molecule has 5 nitrogen and oxygen atoms in total. The molecule has 0 spiro atoms. The molecule has 1 aromatic heterocycles. The highest BCUT2D eigenvalue weighted by Gasteiger charge is 2.10. The Morgan fingerprint density at radius 2 is 2.29 bits per heavy atom. The average Bonchev–Trinajstić information content (AvgIpc) is 2.36. The summed E-state index contributed by atoms with van der Waals surface area (Å²) in [6.07, 6.45) is 1.07. The molecule has 0 aliphatic carbocycles. The summed E-state index contributed by atoms with van der Waals surface area (Å²) in [4.78, 5) is 15.5. The zero-order valence-corrected chi connectivity index (χ0v) is 10.5. The van der Waals surface area contributed by atoms with Crippen LogP contribution in [0.2, 0.25) is 0 Å². The standard InChI is InChI=1S/C12H19N3O2/c1-4-8(2)7-14-11-9(13)5-6-10(15-11)12(16)17-3/h5-6,8H,4,7,13H2,1-3H3,(H,14,15). The minimum Gasteiger partial charge on any atom is -0.464 e. The van der Waals surface area contributed by atoms with Crippen molar-refractivity contribution in [3.8, 4) is 0 Å². The Morgan fingerprint density at radius 1 is 1.59 bits per heavy atom. The minimum atomic E-state index is -0.461. The van der Waals surface area contributed by atoms with E-state index in [1.807, 2.05) is 0 Å². The number of methoxy groups -OCH3 is 1. The van der Waals surface area contributed by atoms with Crippen LogP contribution in [-0.2, 0) is 4.74 Å². The fraction of sp³-hybridized carbons (Fsp3) is 0.500. The number of nitrogen functional groups attached to an aromatic ring is 1. The summed E-state index contributed by atoms with van der Waals surface area (Å²) in [6.45, 7) is 5.03. The van der Waals surface area contributed by atoms with E-state index in [1.165, 1.54) is 7.11 Å². The molecule has 0 radical (unpaired) electrons. The zero-order valence-electron chi connectivity index (χ0n) is 10.5. The number of nitrogens with two attached hydrogens (primary N) is 1. The molecule has 0 fully saturated rings. The van der Waals surface area contributed by atoms with Gasteiger partial charge in [0.15, 0.2) is 5.69 Å². The van der Waals surface area contributed by atoms with Gasteiger partial charge in [0, 0.05) is 6.54 Å². The number of ether oxygens (including phenoxy) is 1. The van der Waals surface area contributed by atoms with E-state index in [2.05, 4.69) is 28.9 Å². The van der Waals surface area contributed by atoms with Gasteiger partial charge in [-0.15, -0.1) is 0 Å². The average molecular weight is 237 g/mol. The number of nitrogens with zero attached hydrogens (tertiary/aromatic N) is 1. The third kappa shape index (κ3) is 3.62. The highest BCUT2D eigenvalue weighted by molar-refractivity contribution is 5.88. The highest BCUT2D eigenvalue weighted by Crippen LogP contribution is 2.17. The summed E-state index contributed by atoms with van der Waals surface area (Å²) < 4.78 is 4.61. The van der Waals surface area contributed by atoms with Gasteiger partial charge in [0.25, 0.3) is 0 Å². The number of nitrogens with one attached hydrogen (secondary N) is 1. The van der Waals surface area contributed by atoms with Gasteiger partial charge in [-0.25, -0.2) is 9.78 Å². The largest absolute Gasteiger partial charge is 0.464 e. The number of pyridine rings is 1. The Bertz CT molecular complexity index is 393. The van der Waals surface area contributed by atoms with Crippen LogP contribution >= 0.6 is 0 Å². The maximum Gasteiger partial charge on any atom is 0.356 e. The molecule has 0 aromatic carbocycles. The molecule has 1 unspecified atom stereocenters. The van der Waals surface area contributed by atoms with Crippen LogP contribution in [0.5, 0.6) is 0 Å². The van der Waals surface area contributed by atoms with Crippen LogP contribution in [0, 0.1) is 5.92 Å². The molecule has 1 rings (SSSR count). The second-order valence-corrected chi connectivity index (χ2v) is 4.02. The molecule has 17 heavy (non-hydrogen) atoms. The van der Waals surface area contributed by atoms with Crippen molar-refractivity contribution in [1.29, 1.82) is 0 Å². The highest BCUT2D eigenvalue weighted by atomic mass is 16.5. The number of hydrogen-bond acceptors (Lipinski definition) is 5. The molecule has 5 heteroatoms. The van der Waals surface area contributed by atoms with Crippen molar-refractivity contribution < 1.29 is 9.53 Å². The van der Waals surface area contributed by atoms with Crippen molar-refractivity contribution in [2.24, 2.45) is 5.92 Å². The van der Waals surface area contributed by atoms with Gasteiger partial charge in [-0.3, -0.25) is 0 Å². The smallest absolute Gasteiger partial charge is 0.356 e. The van der Waals surface area contributed by atoms with E-state index in [1.54, 1.807) is 12.1 Å². The lowest BCUT2D eigenvalue weighted by Gasteiger charge is -2.12. The summed E-state index contributed by atoms with van der Waals surface area (Å²) in [5.74, 6) is 0.600. The van der Waals surface area contributed by atoms with E-state index in [9.17, 15) is 4.79 Å². The number of hydrogen-bond donors (Lipinski definition) is 2. The second-order valence-electron chi connectivity index (χ2n) is 4.02. The van der Waals surface area contributed by atoms with Crippen LogP contribution < -0.4 is 11.1 Å². The van der Waals surface area contributed by atoms with Gasteiger partial charge in [-0.05, 0) is 18.1 Å². The molecule has 0 aliphatic rings. The van der Waals surface area contributed by atoms with Crippen LogP contribution in [0.25, 0.3) is 0 Å². The lowest BCUT2D eigenvalue weighted by Crippen LogP contribution is -2.14. The van der Waals surface area contributed by atoms with E-state index in [4.69, 9.17) is 5.73 Å². The number of carbonyl (C=O) groups is 1. The normalized spacial score (nSPS) is 11.9. The number of esters is 1. The topological polar surface area (TPSA) is 77.2 Å². The van der Waals surface area contributed by atoms with Gasteiger partial charge in [-0.2, -0.15) is 0 Å².